The van der Waals surface area contributed by atoms with Crippen LogP contribution in [0.2, 0.25) is 10.0 Å². The van der Waals surface area contributed by atoms with E-state index < -0.39 is 16.7 Å². The first kappa shape index (κ1) is 22.6. The van der Waals surface area contributed by atoms with Crippen LogP contribution in [0.15, 0.2) is 51.9 Å². The molecule has 0 atom stereocenters. The van der Waals surface area contributed by atoms with Crippen molar-refractivity contribution in [1.82, 2.24) is 16.0 Å². The number of nitro benzene ring substituents is 1. The molecule has 160 valence electrons. The molecule has 0 aliphatic rings. The highest BCUT2D eigenvalue weighted by atomic mass is 35.5. The average Bonchev–Trinajstić information content (AvgIpc) is 3.11. The molecule has 0 saturated heterocycles. The van der Waals surface area contributed by atoms with Crippen LogP contribution in [0.5, 0.6) is 0 Å². The molecular formula is C19H14Cl2N4O5S. The predicted molar refractivity (Wildman–Crippen MR) is 116 cm³/mol. The van der Waals surface area contributed by atoms with Gasteiger partial charge in [0.25, 0.3) is 11.6 Å². The van der Waals surface area contributed by atoms with Crippen molar-refractivity contribution in [3.05, 3.63) is 73.9 Å². The van der Waals surface area contributed by atoms with E-state index in [-0.39, 0.29) is 38.5 Å². The highest BCUT2D eigenvalue weighted by Gasteiger charge is 2.25. The number of nitrogens with one attached hydrogen (secondary N) is 2. The van der Waals surface area contributed by atoms with Gasteiger partial charge in [-0.15, -0.1) is 11.8 Å². The van der Waals surface area contributed by atoms with Gasteiger partial charge in [-0.05, 0) is 25.1 Å². The fourth-order valence-electron chi connectivity index (χ4n) is 2.63. The molecule has 2 N–H and O–H groups in total. The number of rotatable bonds is 6. The van der Waals surface area contributed by atoms with Gasteiger partial charge in [-0.25, -0.2) is 0 Å². The maximum atomic E-state index is 12.7. The van der Waals surface area contributed by atoms with Crippen LogP contribution in [0.25, 0.3) is 11.3 Å². The third kappa shape index (κ3) is 5.16. The molecule has 31 heavy (non-hydrogen) atoms. The molecule has 3 aromatic rings. The minimum Gasteiger partial charge on any atom is -0.360 e. The predicted octanol–water partition coefficient (Wildman–Crippen LogP) is 4.42. The van der Waals surface area contributed by atoms with E-state index in [1.807, 2.05) is 0 Å². The molecule has 0 spiro atoms. The van der Waals surface area contributed by atoms with Crippen LogP contribution in [0.3, 0.4) is 0 Å². The van der Waals surface area contributed by atoms with Crippen molar-refractivity contribution in [3.8, 4) is 11.3 Å². The number of carbonyl (C=O) groups excluding carboxylic acids is 2. The Morgan fingerprint density at radius 3 is 2.48 bits per heavy atom. The number of carbonyl (C=O) groups is 2. The molecule has 0 unspecified atom stereocenters. The SMILES string of the molecule is Cc1onc(-c2c(Cl)cccc2Cl)c1C(=O)NNC(=O)CSc1ccccc1[N+](=O)[O-]. The number of aromatic nitrogens is 1. The Bertz CT molecular complexity index is 1150. The van der Waals surface area contributed by atoms with Gasteiger partial charge in [0, 0.05) is 11.6 Å². The topological polar surface area (TPSA) is 127 Å². The van der Waals surface area contributed by atoms with Gasteiger partial charge in [0.1, 0.15) is 17.0 Å². The monoisotopic (exact) mass is 480 g/mol. The largest absolute Gasteiger partial charge is 0.360 e. The molecule has 2 aromatic carbocycles. The van der Waals surface area contributed by atoms with E-state index in [9.17, 15) is 19.7 Å². The van der Waals surface area contributed by atoms with Gasteiger partial charge >= 0.3 is 0 Å². The number of thioether (sulfide) groups is 1. The summed E-state index contributed by atoms with van der Waals surface area (Å²) in [5, 5.41) is 15.5. The smallest absolute Gasteiger partial charge is 0.282 e. The van der Waals surface area contributed by atoms with E-state index in [2.05, 4.69) is 16.0 Å². The normalized spacial score (nSPS) is 10.5. The van der Waals surface area contributed by atoms with Crippen molar-refractivity contribution in [3.63, 3.8) is 0 Å². The number of amides is 2. The van der Waals surface area contributed by atoms with Crippen LogP contribution in [0, 0.1) is 17.0 Å². The summed E-state index contributed by atoms with van der Waals surface area (Å²) in [6.45, 7) is 1.53. The lowest BCUT2D eigenvalue weighted by Gasteiger charge is -2.09. The lowest BCUT2D eigenvalue weighted by Crippen LogP contribution is -2.42. The van der Waals surface area contributed by atoms with E-state index in [1.165, 1.54) is 25.1 Å². The first-order chi connectivity index (χ1) is 14.8. The van der Waals surface area contributed by atoms with Crippen LogP contribution in [0.1, 0.15) is 16.1 Å². The Kier molecular flexibility index (Phi) is 7.16. The minimum atomic E-state index is -0.686. The molecule has 1 heterocycles. The number of halogens is 2. The van der Waals surface area contributed by atoms with Crippen molar-refractivity contribution in [2.45, 2.75) is 11.8 Å². The van der Waals surface area contributed by atoms with Crippen molar-refractivity contribution in [2.75, 3.05) is 5.75 Å². The zero-order valence-corrected chi connectivity index (χ0v) is 18.2. The van der Waals surface area contributed by atoms with E-state index in [0.29, 0.717) is 10.5 Å². The second-order valence-electron chi connectivity index (χ2n) is 6.07. The highest BCUT2D eigenvalue weighted by Crippen LogP contribution is 2.36. The maximum Gasteiger partial charge on any atom is 0.282 e. The molecule has 12 heteroatoms. The standard InChI is InChI=1S/C19H14Cl2N4O5S/c1-10-16(18(24-30-10)17-11(20)5-4-6-12(17)21)19(27)23-22-15(26)9-31-14-8-3-2-7-13(14)25(28)29/h2-8H,9H2,1H3,(H,22,26)(H,23,27). The zero-order chi connectivity index (χ0) is 22.5. The first-order valence-corrected chi connectivity index (χ1v) is 10.4. The number of hydrazine groups is 1. The molecule has 9 nitrogen and oxygen atoms in total. The summed E-state index contributed by atoms with van der Waals surface area (Å²) in [6, 6.07) is 10.9. The van der Waals surface area contributed by atoms with Gasteiger partial charge in [-0.3, -0.25) is 30.6 Å². The lowest BCUT2D eigenvalue weighted by atomic mass is 10.1. The van der Waals surface area contributed by atoms with E-state index in [4.69, 9.17) is 27.7 Å². The quantitative estimate of drug-likeness (QED) is 0.303. The minimum absolute atomic E-state index is 0.0571. The Morgan fingerprint density at radius 2 is 1.81 bits per heavy atom. The summed E-state index contributed by atoms with van der Waals surface area (Å²) < 4.78 is 5.12. The molecule has 0 aliphatic carbocycles. The molecule has 1 aromatic heterocycles. The number of nitrogens with zero attached hydrogens (tertiary/aromatic N) is 2. The van der Waals surface area contributed by atoms with E-state index in [1.54, 1.807) is 24.3 Å². The first-order valence-electron chi connectivity index (χ1n) is 8.65. The number of aryl methyl sites for hydroxylation is 1. The van der Waals surface area contributed by atoms with Crippen molar-refractivity contribution in [1.29, 1.82) is 0 Å². The second-order valence-corrected chi connectivity index (χ2v) is 7.91. The third-order valence-electron chi connectivity index (χ3n) is 4.03. The van der Waals surface area contributed by atoms with Crippen molar-refractivity contribution in [2.24, 2.45) is 0 Å². The van der Waals surface area contributed by atoms with Crippen LogP contribution < -0.4 is 10.9 Å². The third-order valence-corrected chi connectivity index (χ3v) is 5.72. The Labute approximate surface area is 190 Å². The van der Waals surface area contributed by atoms with Gasteiger partial charge in [-0.1, -0.05) is 46.6 Å². The summed E-state index contributed by atoms with van der Waals surface area (Å²) >= 11 is 13.4. The van der Waals surface area contributed by atoms with Crippen molar-refractivity contribution >= 4 is 52.5 Å². The summed E-state index contributed by atoms with van der Waals surface area (Å²) in [7, 11) is 0. The zero-order valence-electron chi connectivity index (χ0n) is 15.8. The Morgan fingerprint density at radius 1 is 1.13 bits per heavy atom. The van der Waals surface area contributed by atoms with Gasteiger partial charge in [-0.2, -0.15) is 0 Å². The van der Waals surface area contributed by atoms with Crippen molar-refractivity contribution < 1.29 is 19.0 Å². The summed E-state index contributed by atoms with van der Waals surface area (Å²) in [5.41, 5.74) is 4.95. The van der Waals surface area contributed by atoms with E-state index >= 15 is 0 Å². The molecule has 3 rings (SSSR count). The summed E-state index contributed by atoms with van der Waals surface area (Å²) in [4.78, 5) is 35.6. The van der Waals surface area contributed by atoms with Gasteiger partial charge < -0.3 is 4.52 Å². The molecule has 0 radical (unpaired) electrons. The lowest BCUT2D eigenvalue weighted by molar-refractivity contribution is -0.387. The molecule has 0 bridgehead atoms. The number of hydrogen-bond acceptors (Lipinski definition) is 7. The Balaban J connectivity index is 1.68. The molecule has 2 amide bonds. The molecular weight excluding hydrogens is 467 g/mol. The molecule has 0 fully saturated rings. The second kappa shape index (κ2) is 9.82. The Hall–Kier alpha value is -3.08. The van der Waals surface area contributed by atoms with Gasteiger partial charge in [0.15, 0.2) is 0 Å². The molecule has 0 aliphatic heterocycles. The summed E-state index contributed by atoms with van der Waals surface area (Å²) in [6.07, 6.45) is 0. The fraction of sp³-hybridized carbons (Fsp3) is 0.105. The summed E-state index contributed by atoms with van der Waals surface area (Å²) in [5.74, 6) is -1.21. The average molecular weight is 481 g/mol. The van der Waals surface area contributed by atoms with Gasteiger partial charge in [0.2, 0.25) is 5.91 Å². The maximum absolute atomic E-state index is 12.7. The van der Waals surface area contributed by atoms with Crippen LogP contribution in [-0.4, -0.2) is 27.6 Å². The number of nitro groups is 1. The number of hydrogen-bond donors (Lipinski definition) is 2. The van der Waals surface area contributed by atoms with Gasteiger partial charge in [0.05, 0.1) is 25.6 Å². The molecule has 0 saturated carbocycles. The fourth-order valence-corrected chi connectivity index (χ4v) is 4.03. The van der Waals surface area contributed by atoms with Crippen LogP contribution in [0.4, 0.5) is 5.69 Å². The van der Waals surface area contributed by atoms with Crippen LogP contribution in [-0.2, 0) is 4.79 Å². The van der Waals surface area contributed by atoms with E-state index in [0.717, 1.165) is 11.8 Å². The highest BCUT2D eigenvalue weighted by molar-refractivity contribution is 8.00. The van der Waals surface area contributed by atoms with Crippen LogP contribution >= 0.6 is 35.0 Å². The number of benzene rings is 2. The number of para-hydroxylation sites is 1.